The van der Waals surface area contributed by atoms with E-state index in [-0.39, 0.29) is 17.1 Å². The zero-order valence-corrected chi connectivity index (χ0v) is 27.0. The number of aromatic hydroxyl groups is 1. The topological polar surface area (TPSA) is 122 Å². The summed E-state index contributed by atoms with van der Waals surface area (Å²) in [6, 6.07) is 9.99. The second kappa shape index (κ2) is 14.5. The number of rotatable bonds is 11. The minimum Gasteiger partial charge on any atom is -0.506 e. The van der Waals surface area contributed by atoms with Crippen LogP contribution in [0.3, 0.4) is 0 Å². The fourth-order valence-corrected chi connectivity index (χ4v) is 6.43. The molecule has 11 heteroatoms. The number of benzene rings is 2. The second-order valence-corrected chi connectivity index (χ2v) is 13.9. The summed E-state index contributed by atoms with van der Waals surface area (Å²) < 4.78 is 32.1. The van der Waals surface area contributed by atoms with Crippen molar-refractivity contribution in [1.29, 1.82) is 0 Å². The first-order valence-electron chi connectivity index (χ1n) is 12.2. The minimum atomic E-state index is -3.68. The molecule has 2 atom stereocenters. The molecule has 0 spiro atoms. The molecule has 0 aliphatic carbocycles. The van der Waals surface area contributed by atoms with Crippen molar-refractivity contribution in [3.63, 3.8) is 0 Å². The number of phenols is 1. The third-order valence-corrected chi connectivity index (χ3v) is 8.37. The standard InChI is InChI=1S/C27H34I2N2O6S/c1-5-6-10-19(13-14-38(35,36)20-11-8-7-9-12-20)30-25(33)23(31-26(34)37-27(2,3)4)17-18-15-21(28)24(32)22(29)16-18/h7-9,11-16,19,23,32H,5-6,10,17H2,1-4H3,(H,30,33)(H,31,34)/b14-13+/t19-,23-/m0/s1. The van der Waals surface area contributed by atoms with Crippen LogP contribution in [0.1, 0.15) is 52.5 Å². The molecule has 0 saturated carbocycles. The number of hydrogen-bond acceptors (Lipinski definition) is 6. The van der Waals surface area contributed by atoms with E-state index in [1.54, 1.807) is 51.1 Å². The van der Waals surface area contributed by atoms with Gasteiger partial charge in [-0.25, -0.2) is 13.2 Å². The number of carbonyl (C=O) groups is 2. The maximum Gasteiger partial charge on any atom is 0.408 e. The number of ether oxygens (including phenoxy) is 1. The monoisotopic (exact) mass is 768 g/mol. The van der Waals surface area contributed by atoms with E-state index in [0.717, 1.165) is 23.8 Å². The molecule has 0 aliphatic heterocycles. The second-order valence-electron chi connectivity index (χ2n) is 9.75. The summed E-state index contributed by atoms with van der Waals surface area (Å²) in [5, 5.41) is 16.8. The molecule has 3 N–H and O–H groups in total. The van der Waals surface area contributed by atoms with Gasteiger partial charge in [0, 0.05) is 17.9 Å². The van der Waals surface area contributed by atoms with Crippen LogP contribution in [0.5, 0.6) is 5.75 Å². The van der Waals surface area contributed by atoms with Gasteiger partial charge in [-0.1, -0.05) is 44.0 Å². The van der Waals surface area contributed by atoms with E-state index in [0.29, 0.717) is 13.6 Å². The Morgan fingerprint density at radius 1 is 1.08 bits per heavy atom. The average Bonchev–Trinajstić information content (AvgIpc) is 2.83. The van der Waals surface area contributed by atoms with Crippen molar-refractivity contribution in [3.05, 3.63) is 66.7 Å². The van der Waals surface area contributed by atoms with Gasteiger partial charge in [-0.3, -0.25) is 4.79 Å². The Balaban J connectivity index is 2.30. The Kier molecular flexibility index (Phi) is 12.3. The number of carbonyl (C=O) groups excluding carboxylic acids is 2. The van der Waals surface area contributed by atoms with Crippen molar-refractivity contribution in [2.24, 2.45) is 0 Å². The Labute approximate surface area is 252 Å². The van der Waals surface area contributed by atoms with Gasteiger partial charge >= 0.3 is 6.09 Å². The van der Waals surface area contributed by atoms with E-state index in [4.69, 9.17) is 4.74 Å². The van der Waals surface area contributed by atoms with Crippen molar-refractivity contribution < 1.29 is 27.9 Å². The van der Waals surface area contributed by atoms with Gasteiger partial charge in [0.2, 0.25) is 5.91 Å². The van der Waals surface area contributed by atoms with Crippen LogP contribution in [0, 0.1) is 7.14 Å². The molecule has 2 rings (SSSR count). The predicted octanol–water partition coefficient (Wildman–Crippen LogP) is 5.70. The highest BCUT2D eigenvalue weighted by Gasteiger charge is 2.26. The minimum absolute atomic E-state index is 0.143. The zero-order chi connectivity index (χ0) is 28.5. The molecule has 0 bridgehead atoms. The molecule has 0 unspecified atom stereocenters. The number of phenolic OH excluding ortho intramolecular Hbond substituents is 1. The quantitative estimate of drug-likeness (QED) is 0.253. The number of nitrogens with one attached hydrogen (secondary N) is 2. The van der Waals surface area contributed by atoms with Crippen LogP contribution in [-0.2, 0) is 25.8 Å². The summed E-state index contributed by atoms with van der Waals surface area (Å²) >= 11 is 4.02. The highest BCUT2D eigenvalue weighted by atomic mass is 127. The third-order valence-electron chi connectivity index (χ3n) is 5.28. The number of amides is 2. The molecule has 0 heterocycles. The van der Waals surface area contributed by atoms with Crippen LogP contribution < -0.4 is 10.6 Å². The molecule has 38 heavy (non-hydrogen) atoms. The van der Waals surface area contributed by atoms with Crippen molar-refractivity contribution in [2.75, 3.05) is 0 Å². The third kappa shape index (κ3) is 10.7. The van der Waals surface area contributed by atoms with E-state index in [9.17, 15) is 23.1 Å². The Morgan fingerprint density at radius 3 is 2.24 bits per heavy atom. The Morgan fingerprint density at radius 2 is 1.68 bits per heavy atom. The summed E-state index contributed by atoms with van der Waals surface area (Å²) in [5.74, 6) is -0.322. The lowest BCUT2D eigenvalue weighted by molar-refractivity contribution is -0.123. The number of sulfone groups is 1. The van der Waals surface area contributed by atoms with Gasteiger partial charge in [0.15, 0.2) is 9.84 Å². The van der Waals surface area contributed by atoms with E-state index in [1.807, 2.05) is 52.1 Å². The fourth-order valence-electron chi connectivity index (χ4n) is 3.44. The molecular weight excluding hydrogens is 734 g/mol. The van der Waals surface area contributed by atoms with Crippen LogP contribution in [-0.4, -0.2) is 43.2 Å². The molecule has 0 radical (unpaired) electrons. The molecule has 0 saturated heterocycles. The van der Waals surface area contributed by atoms with Crippen LogP contribution >= 0.6 is 45.2 Å². The number of hydrogen-bond donors (Lipinski definition) is 3. The van der Waals surface area contributed by atoms with Crippen molar-refractivity contribution >= 4 is 67.0 Å². The summed E-state index contributed by atoms with van der Waals surface area (Å²) in [5.41, 5.74) is -0.0211. The van der Waals surface area contributed by atoms with Crippen molar-refractivity contribution in [2.45, 2.75) is 76.0 Å². The maximum absolute atomic E-state index is 13.4. The van der Waals surface area contributed by atoms with E-state index >= 15 is 0 Å². The molecular formula is C27H34I2N2O6S. The summed E-state index contributed by atoms with van der Waals surface area (Å²) in [7, 11) is -3.68. The zero-order valence-electron chi connectivity index (χ0n) is 21.8. The van der Waals surface area contributed by atoms with Gasteiger partial charge in [0.25, 0.3) is 0 Å². The maximum atomic E-state index is 13.4. The van der Waals surface area contributed by atoms with Gasteiger partial charge in [-0.05, 0) is 102 Å². The molecule has 2 aromatic rings. The number of unbranched alkanes of at least 4 members (excludes halogenated alkanes) is 1. The first kappa shape index (κ1) is 32.3. The highest BCUT2D eigenvalue weighted by Crippen LogP contribution is 2.28. The molecule has 0 aliphatic rings. The van der Waals surface area contributed by atoms with Gasteiger partial charge < -0.3 is 20.5 Å². The number of halogens is 2. The summed E-state index contributed by atoms with van der Waals surface area (Å²) in [6.45, 7) is 7.19. The largest absolute Gasteiger partial charge is 0.506 e. The summed E-state index contributed by atoms with van der Waals surface area (Å²) in [4.78, 5) is 26.2. The highest BCUT2D eigenvalue weighted by molar-refractivity contribution is 14.1. The normalized spacial score (nSPS) is 13.6. The van der Waals surface area contributed by atoms with Gasteiger partial charge in [-0.2, -0.15) is 0 Å². The molecule has 0 aromatic heterocycles. The van der Waals surface area contributed by atoms with Gasteiger partial charge in [0.1, 0.15) is 17.4 Å². The predicted molar refractivity (Wildman–Crippen MR) is 165 cm³/mol. The van der Waals surface area contributed by atoms with Crippen LogP contribution in [0.4, 0.5) is 4.79 Å². The Bertz CT molecular complexity index is 1220. The van der Waals surface area contributed by atoms with Crippen LogP contribution in [0.15, 0.2) is 58.8 Å². The van der Waals surface area contributed by atoms with Crippen molar-refractivity contribution in [3.8, 4) is 5.75 Å². The first-order valence-corrected chi connectivity index (χ1v) is 15.9. The van der Waals surface area contributed by atoms with Gasteiger partial charge in [-0.15, -0.1) is 0 Å². The van der Waals surface area contributed by atoms with Gasteiger partial charge in [0.05, 0.1) is 12.0 Å². The number of alkyl carbamates (subject to hydrolysis) is 1. The summed E-state index contributed by atoms with van der Waals surface area (Å²) in [6.07, 6.45) is 3.02. The lowest BCUT2D eigenvalue weighted by atomic mass is 10.0. The first-order chi connectivity index (χ1) is 17.7. The van der Waals surface area contributed by atoms with Crippen LogP contribution in [0.2, 0.25) is 0 Å². The fraction of sp³-hybridized carbons (Fsp3) is 0.407. The molecule has 2 aromatic carbocycles. The molecule has 0 fully saturated rings. The SMILES string of the molecule is CCCC[C@@H](/C=C/S(=O)(=O)c1ccccc1)NC(=O)[C@H](Cc1cc(I)c(O)c(I)c1)NC(=O)OC(C)(C)C. The smallest absolute Gasteiger partial charge is 0.408 e. The van der Waals surface area contributed by atoms with E-state index in [2.05, 4.69) is 10.6 Å². The lowest BCUT2D eigenvalue weighted by Crippen LogP contribution is -2.51. The Hall–Kier alpha value is -1.87. The molecule has 8 nitrogen and oxygen atoms in total. The lowest BCUT2D eigenvalue weighted by Gasteiger charge is -2.25. The van der Waals surface area contributed by atoms with Crippen LogP contribution in [0.25, 0.3) is 0 Å². The molecule has 208 valence electrons. The molecule has 2 amide bonds. The van der Waals surface area contributed by atoms with E-state index in [1.165, 1.54) is 18.2 Å². The average molecular weight is 768 g/mol. The van der Waals surface area contributed by atoms with E-state index < -0.39 is 39.5 Å². The van der Waals surface area contributed by atoms with Crippen molar-refractivity contribution in [1.82, 2.24) is 10.6 Å².